The van der Waals surface area contributed by atoms with Gasteiger partial charge in [-0.15, -0.1) is 0 Å². The van der Waals surface area contributed by atoms with Crippen LogP contribution in [0.25, 0.3) is 10.8 Å². The topological polar surface area (TPSA) is 20.2 Å². The van der Waals surface area contributed by atoms with Crippen LogP contribution in [0.4, 0.5) is 0 Å². The van der Waals surface area contributed by atoms with Crippen LogP contribution in [-0.4, -0.2) is 12.2 Å². The van der Waals surface area contributed by atoms with Crippen LogP contribution >= 0.6 is 0 Å². The number of benzene rings is 2. The number of rotatable bonds is 0. The molecule has 0 unspecified atom stereocenters. The van der Waals surface area contributed by atoms with Crippen molar-refractivity contribution >= 4 is 10.8 Å². The SMILES string of the molecule is CO.[CH2-]CC.[CH3-].[La].c1ccc2ccccc2c1. The van der Waals surface area contributed by atoms with Crippen molar-refractivity contribution in [3.05, 3.63) is 62.9 Å². The van der Waals surface area contributed by atoms with E-state index >= 15 is 0 Å². The van der Waals surface area contributed by atoms with Crippen molar-refractivity contribution < 1.29 is 40.7 Å². The predicted molar refractivity (Wildman–Crippen MR) is 74.2 cm³/mol. The Morgan fingerprint density at radius 1 is 0.882 bits per heavy atom. The number of aliphatic hydroxyl groups is 1. The van der Waals surface area contributed by atoms with Crippen LogP contribution in [0, 0.1) is 49.9 Å². The molecule has 1 nitrogen and oxygen atoms in total. The van der Waals surface area contributed by atoms with E-state index in [1.807, 2.05) is 6.92 Å². The Kier molecular flexibility index (Phi) is 20.6. The molecule has 2 rings (SSSR count). The fraction of sp³-hybridized carbons (Fsp3) is 0.200. The van der Waals surface area contributed by atoms with Crippen LogP contribution in [0.1, 0.15) is 13.3 Å². The Labute approximate surface area is 134 Å². The van der Waals surface area contributed by atoms with Crippen molar-refractivity contribution in [2.45, 2.75) is 13.3 Å². The second-order valence-corrected chi connectivity index (χ2v) is 2.85. The van der Waals surface area contributed by atoms with Gasteiger partial charge in [-0.3, -0.25) is 0 Å². The van der Waals surface area contributed by atoms with Crippen LogP contribution < -0.4 is 0 Å². The van der Waals surface area contributed by atoms with E-state index < -0.39 is 0 Å². The van der Waals surface area contributed by atoms with Crippen LogP contribution in [0.3, 0.4) is 0 Å². The first-order valence-electron chi connectivity index (χ1n) is 5.06. The van der Waals surface area contributed by atoms with Gasteiger partial charge in [0.05, 0.1) is 0 Å². The van der Waals surface area contributed by atoms with E-state index in [4.69, 9.17) is 5.11 Å². The maximum Gasteiger partial charge on any atom is 0.0319 e. The normalized spacial score (nSPS) is 7.29. The Morgan fingerprint density at radius 3 is 1.24 bits per heavy atom. The Hall–Kier alpha value is -0.145. The fourth-order valence-electron chi connectivity index (χ4n) is 1.13. The second kappa shape index (κ2) is 15.9. The molecule has 0 spiro atoms. The molecule has 0 fully saturated rings. The van der Waals surface area contributed by atoms with Gasteiger partial charge < -0.3 is 19.5 Å². The molecule has 93 valence electrons. The second-order valence-electron chi connectivity index (χ2n) is 2.85. The smallest absolute Gasteiger partial charge is 0.0319 e. The molecule has 2 aromatic rings. The predicted octanol–water partition coefficient (Wildman–Crippen LogP) is 4.13. The third-order valence-electron chi connectivity index (χ3n) is 1.66. The quantitative estimate of drug-likeness (QED) is 0.703. The molecule has 0 bridgehead atoms. The molecule has 2 heteroatoms. The Bertz CT molecular complexity index is 295. The summed E-state index contributed by atoms with van der Waals surface area (Å²) >= 11 is 0. The van der Waals surface area contributed by atoms with E-state index in [1.54, 1.807) is 0 Å². The summed E-state index contributed by atoms with van der Waals surface area (Å²) in [5, 5.41) is 9.62. The minimum Gasteiger partial charge on any atom is -0.400 e. The van der Waals surface area contributed by atoms with Crippen LogP contribution in [0.5, 0.6) is 0 Å². The summed E-state index contributed by atoms with van der Waals surface area (Å²) in [6, 6.07) is 16.7. The van der Waals surface area contributed by atoms with E-state index in [2.05, 4.69) is 55.5 Å². The summed E-state index contributed by atoms with van der Waals surface area (Å²) in [6.07, 6.45) is 1.00. The first kappa shape index (κ1) is 22.1. The van der Waals surface area contributed by atoms with E-state index in [-0.39, 0.29) is 43.0 Å². The van der Waals surface area contributed by atoms with Crippen LogP contribution in [0.2, 0.25) is 0 Å². The van der Waals surface area contributed by atoms with Gasteiger partial charge in [0.2, 0.25) is 0 Å². The molecule has 1 N–H and O–H groups in total. The van der Waals surface area contributed by atoms with Crippen molar-refractivity contribution in [3.8, 4) is 0 Å². The first-order chi connectivity index (χ1) is 7.38. The summed E-state index contributed by atoms with van der Waals surface area (Å²) in [7, 11) is 1.00. The zero-order chi connectivity index (χ0) is 11.5. The molecular weight excluding hydrogens is 335 g/mol. The molecule has 17 heavy (non-hydrogen) atoms. The molecule has 0 aliphatic rings. The van der Waals surface area contributed by atoms with Gasteiger partial charge in [-0.1, -0.05) is 55.5 Å². The van der Waals surface area contributed by atoms with E-state index in [9.17, 15) is 0 Å². The minimum atomic E-state index is 0. The maximum atomic E-state index is 7.00. The number of hydrogen-bond acceptors (Lipinski definition) is 1. The first-order valence-corrected chi connectivity index (χ1v) is 5.06. The largest absolute Gasteiger partial charge is 0.400 e. The molecule has 0 amide bonds. The van der Waals surface area contributed by atoms with Gasteiger partial charge in [-0.25, -0.2) is 0 Å². The zero-order valence-corrected chi connectivity index (χ0v) is 14.7. The molecule has 0 aliphatic carbocycles. The molecule has 0 saturated carbocycles. The summed E-state index contributed by atoms with van der Waals surface area (Å²) in [5.74, 6) is 0. The third kappa shape index (κ3) is 9.55. The number of fused-ring (bicyclic) bond motifs is 1. The summed E-state index contributed by atoms with van der Waals surface area (Å²) in [4.78, 5) is 0. The molecule has 0 aromatic heterocycles. The molecule has 0 aliphatic heterocycles. The molecular formula is C15H22LaO-2. The van der Waals surface area contributed by atoms with Crippen molar-refractivity contribution in [2.24, 2.45) is 0 Å². The van der Waals surface area contributed by atoms with Crippen molar-refractivity contribution in [3.63, 3.8) is 0 Å². The van der Waals surface area contributed by atoms with Crippen molar-refractivity contribution in [2.75, 3.05) is 7.11 Å². The number of aliphatic hydroxyl groups excluding tert-OH is 1. The number of hydrogen-bond donors (Lipinski definition) is 1. The average Bonchev–Trinajstić information content (AvgIpc) is 2.33. The fourth-order valence-corrected chi connectivity index (χ4v) is 1.13. The minimum absolute atomic E-state index is 0. The summed E-state index contributed by atoms with van der Waals surface area (Å²) in [5.41, 5.74) is 0. The van der Waals surface area contributed by atoms with E-state index in [0.29, 0.717) is 0 Å². The summed E-state index contributed by atoms with van der Waals surface area (Å²) in [6.45, 7) is 5.50. The molecule has 1 radical (unpaired) electrons. The van der Waals surface area contributed by atoms with Gasteiger partial charge in [0.15, 0.2) is 0 Å². The van der Waals surface area contributed by atoms with Crippen molar-refractivity contribution in [1.29, 1.82) is 0 Å². The van der Waals surface area contributed by atoms with E-state index in [1.165, 1.54) is 10.8 Å². The van der Waals surface area contributed by atoms with Crippen molar-refractivity contribution in [1.82, 2.24) is 0 Å². The molecule has 0 saturated heterocycles. The van der Waals surface area contributed by atoms with Gasteiger partial charge in [0.1, 0.15) is 0 Å². The van der Waals surface area contributed by atoms with Gasteiger partial charge in [-0.05, 0) is 10.8 Å². The van der Waals surface area contributed by atoms with Gasteiger partial charge in [0.25, 0.3) is 0 Å². The average molecular weight is 357 g/mol. The maximum absolute atomic E-state index is 7.00. The molecule has 0 heterocycles. The monoisotopic (exact) mass is 357 g/mol. The third-order valence-corrected chi connectivity index (χ3v) is 1.66. The van der Waals surface area contributed by atoms with Crippen LogP contribution in [0.15, 0.2) is 48.5 Å². The van der Waals surface area contributed by atoms with Gasteiger partial charge in [-0.2, -0.15) is 6.42 Å². The van der Waals surface area contributed by atoms with Gasteiger partial charge >= 0.3 is 0 Å². The van der Waals surface area contributed by atoms with Crippen LogP contribution in [-0.2, 0) is 0 Å². The van der Waals surface area contributed by atoms with E-state index in [0.717, 1.165) is 13.5 Å². The Morgan fingerprint density at radius 2 is 1.06 bits per heavy atom. The Balaban J connectivity index is -0.000000249. The molecule has 2 aromatic carbocycles. The summed E-state index contributed by atoms with van der Waals surface area (Å²) < 4.78 is 0. The van der Waals surface area contributed by atoms with Gasteiger partial charge in [0, 0.05) is 42.7 Å². The zero-order valence-electron chi connectivity index (χ0n) is 11.1. The standard InChI is InChI=1S/C10H8.C3H7.CH4O.CH3.La/c1-2-6-10-8-4-3-7-9(10)5-1;1-3-2;1-2;;/h1-8H;1,3H2,2H3;2H,1H3;1H3;/q;-1;;-1;. The molecule has 0 atom stereocenters.